The predicted octanol–water partition coefficient (Wildman–Crippen LogP) is 7.36. The molecule has 0 saturated carbocycles. The number of piperidine rings is 4. The van der Waals surface area contributed by atoms with Crippen molar-refractivity contribution in [3.05, 3.63) is 89.3 Å². The number of carbonyl (C=O) groups excluding carboxylic acids is 4. The summed E-state index contributed by atoms with van der Waals surface area (Å²) in [6.07, 6.45) is 14.7. The normalized spacial score (nSPS) is 19.5. The molecule has 1 atom stereocenters. The van der Waals surface area contributed by atoms with Crippen molar-refractivity contribution >= 4 is 93.2 Å². The summed E-state index contributed by atoms with van der Waals surface area (Å²) in [7, 11) is 0.697. The molecule has 3 aromatic heterocycles. The van der Waals surface area contributed by atoms with Crippen LogP contribution in [-0.4, -0.2) is 135 Å². The van der Waals surface area contributed by atoms with Crippen molar-refractivity contribution in [3.63, 3.8) is 0 Å². The van der Waals surface area contributed by atoms with Crippen molar-refractivity contribution in [3.8, 4) is 16.9 Å². The van der Waals surface area contributed by atoms with Gasteiger partial charge >= 0.3 is 0 Å². The van der Waals surface area contributed by atoms with Gasteiger partial charge in [-0.15, -0.1) is 0 Å². The Kier molecular flexibility index (Phi) is 13.3. The third-order valence-corrected chi connectivity index (χ3v) is 17.6. The van der Waals surface area contributed by atoms with Crippen LogP contribution in [0, 0.1) is 17.2 Å². The molecule has 0 bridgehead atoms. The number of hydrogen-bond acceptors (Lipinski definition) is 16. The van der Waals surface area contributed by atoms with Gasteiger partial charge in [-0.25, -0.2) is 9.37 Å². The second kappa shape index (κ2) is 19.9. The van der Waals surface area contributed by atoms with Crippen LogP contribution in [0.15, 0.2) is 67.4 Å². The number of hydrogen-bond donors (Lipinski definition) is 3. The highest BCUT2D eigenvalue weighted by molar-refractivity contribution is 7.71. The Bertz CT molecular complexity index is 3330. The molecule has 4 saturated heterocycles. The lowest BCUT2D eigenvalue weighted by Crippen LogP contribution is -2.54. The van der Waals surface area contributed by atoms with Gasteiger partial charge in [-0.3, -0.25) is 44.0 Å². The Morgan fingerprint density at radius 2 is 1.53 bits per heavy atom. The van der Waals surface area contributed by atoms with E-state index in [-0.39, 0.29) is 46.0 Å². The second-order valence-corrected chi connectivity index (χ2v) is 24.4. The largest absolute Gasteiger partial charge is 0.494 e. The number of nitrogens with one attached hydrogen (secondary N) is 3. The molecule has 4 amide bonds. The standard InChI is InChI=1S/C53H58ClFN13O6P/c1-64-30-32(27-59-64)33-24-40(61-52-58-28-36(54)48(63-52)60-39-6-5-38-46(57-16-15-56-38)47(39)75(3,4)73)44(74-2)26-42(33)67-21-13-53(14-22-67)11-19-65(20-12-53)29-31-9-17-66(18-10-31)43-25-35-34(23-37(43)55)50(71)68(51(35)72)41-7-8-45(69)62-49(41)70/h5-6,15-16,23-28,30-31,41H,7-14,17-22,29H2,1-4H3,(H,62,69,70)(H2,58,60,61,63). The first-order chi connectivity index (χ1) is 36.0. The molecule has 1 unspecified atom stereocenters. The van der Waals surface area contributed by atoms with Gasteiger partial charge in [0, 0.05) is 87.7 Å². The third-order valence-electron chi connectivity index (χ3n) is 15.8. The fraction of sp³-hybridized carbons (Fsp3) is 0.415. The van der Waals surface area contributed by atoms with Gasteiger partial charge in [0.2, 0.25) is 17.8 Å². The van der Waals surface area contributed by atoms with E-state index in [9.17, 15) is 23.7 Å². The zero-order valence-electron chi connectivity index (χ0n) is 42.2. The number of halogens is 2. The van der Waals surface area contributed by atoms with E-state index in [1.165, 1.54) is 12.3 Å². The molecular weight excluding hydrogens is 1000 g/mol. The molecule has 19 nitrogen and oxygen atoms in total. The summed E-state index contributed by atoms with van der Waals surface area (Å²) in [4.78, 5) is 77.0. The number of aryl methyl sites for hydroxylation is 1. The first-order valence-corrected chi connectivity index (χ1v) is 28.4. The van der Waals surface area contributed by atoms with Crippen LogP contribution in [0.5, 0.6) is 5.75 Å². The van der Waals surface area contributed by atoms with Crippen LogP contribution in [0.3, 0.4) is 0 Å². The summed E-state index contributed by atoms with van der Waals surface area (Å²) in [6.45, 7) is 9.43. The number of carbonyl (C=O) groups is 4. The molecule has 0 radical (unpaired) electrons. The summed E-state index contributed by atoms with van der Waals surface area (Å²) in [6, 6.07) is 9.23. The fourth-order valence-electron chi connectivity index (χ4n) is 11.7. The zero-order valence-corrected chi connectivity index (χ0v) is 43.9. The predicted molar refractivity (Wildman–Crippen MR) is 285 cm³/mol. The maximum absolute atomic E-state index is 15.7. The number of methoxy groups -OCH3 is 1. The molecule has 75 heavy (non-hydrogen) atoms. The van der Waals surface area contributed by atoms with E-state index in [0.29, 0.717) is 58.3 Å². The van der Waals surface area contributed by atoms with Crippen LogP contribution in [0.1, 0.15) is 72.1 Å². The molecule has 3 N–H and O–H groups in total. The molecule has 22 heteroatoms. The number of aromatic nitrogens is 6. The summed E-state index contributed by atoms with van der Waals surface area (Å²) >= 11 is 6.68. The van der Waals surface area contributed by atoms with Crippen molar-refractivity contribution in [2.45, 2.75) is 57.4 Å². The van der Waals surface area contributed by atoms with Gasteiger partial charge in [0.15, 0.2) is 5.82 Å². The maximum atomic E-state index is 15.7. The minimum Gasteiger partial charge on any atom is -0.494 e. The van der Waals surface area contributed by atoms with Crippen molar-refractivity contribution in [2.24, 2.45) is 18.4 Å². The maximum Gasteiger partial charge on any atom is 0.262 e. The molecule has 3 aromatic carbocycles. The Morgan fingerprint density at radius 1 is 0.827 bits per heavy atom. The van der Waals surface area contributed by atoms with Crippen LogP contribution < -0.4 is 35.8 Å². The topological polar surface area (TPSA) is 213 Å². The molecule has 0 aliphatic carbocycles. The van der Waals surface area contributed by atoms with E-state index >= 15 is 4.39 Å². The molecular formula is C53H58ClFN13O6P. The Balaban J connectivity index is 0.723. The van der Waals surface area contributed by atoms with E-state index in [1.807, 2.05) is 36.5 Å². The molecule has 5 aliphatic rings. The number of likely N-dealkylation sites (tertiary alicyclic amines) is 1. The Hall–Kier alpha value is -7.02. The van der Waals surface area contributed by atoms with Crippen LogP contribution >= 0.6 is 18.7 Å². The average molecular weight is 1060 g/mol. The third kappa shape index (κ3) is 9.79. The first kappa shape index (κ1) is 50.2. The van der Waals surface area contributed by atoms with E-state index in [0.717, 1.165) is 99.0 Å². The summed E-state index contributed by atoms with van der Waals surface area (Å²) in [5.74, 6) is -1.42. The summed E-state index contributed by atoms with van der Waals surface area (Å²) in [5.41, 5.74) is 5.94. The van der Waals surface area contributed by atoms with E-state index in [1.54, 1.807) is 37.5 Å². The summed E-state index contributed by atoms with van der Waals surface area (Å²) in [5, 5.41) is 14.2. The number of amides is 4. The van der Waals surface area contributed by atoms with Crippen molar-refractivity contribution < 1.29 is 32.9 Å². The van der Waals surface area contributed by atoms with Crippen LogP contribution in [-0.2, 0) is 21.2 Å². The van der Waals surface area contributed by atoms with Crippen LogP contribution in [0.25, 0.3) is 22.2 Å². The lowest BCUT2D eigenvalue weighted by molar-refractivity contribution is -0.136. The van der Waals surface area contributed by atoms with Crippen LogP contribution in [0.2, 0.25) is 5.02 Å². The lowest BCUT2D eigenvalue weighted by atomic mass is 9.71. The van der Waals surface area contributed by atoms with Gasteiger partial charge in [-0.05, 0) is 113 Å². The fourth-order valence-corrected chi connectivity index (χ4v) is 13.2. The lowest BCUT2D eigenvalue weighted by Gasteiger charge is -2.48. The molecule has 4 fully saturated rings. The minimum absolute atomic E-state index is 0.0158. The number of imide groups is 2. The van der Waals surface area contributed by atoms with Gasteiger partial charge in [0.05, 0.1) is 58.5 Å². The Morgan fingerprint density at radius 3 is 2.23 bits per heavy atom. The number of anilines is 6. The average Bonchev–Trinajstić information content (AvgIpc) is 3.94. The van der Waals surface area contributed by atoms with Gasteiger partial charge in [-0.2, -0.15) is 10.1 Å². The van der Waals surface area contributed by atoms with E-state index in [2.05, 4.69) is 57.9 Å². The molecule has 390 valence electrons. The first-order valence-electron chi connectivity index (χ1n) is 25.4. The molecule has 1 spiro atoms. The van der Waals surface area contributed by atoms with Crippen molar-refractivity contribution in [1.82, 2.24) is 44.8 Å². The van der Waals surface area contributed by atoms with E-state index < -0.39 is 42.6 Å². The number of rotatable bonds is 12. The smallest absolute Gasteiger partial charge is 0.262 e. The van der Waals surface area contributed by atoms with Crippen molar-refractivity contribution in [1.29, 1.82) is 0 Å². The summed E-state index contributed by atoms with van der Waals surface area (Å²) < 4.78 is 37.1. The molecule has 8 heterocycles. The van der Waals surface area contributed by atoms with Gasteiger partial charge in [0.25, 0.3) is 11.8 Å². The highest BCUT2D eigenvalue weighted by atomic mass is 35.5. The van der Waals surface area contributed by atoms with Gasteiger partial charge in [-0.1, -0.05) is 11.6 Å². The quantitative estimate of drug-likeness (QED) is 0.0807. The molecule has 11 rings (SSSR count). The van der Waals surface area contributed by atoms with Gasteiger partial charge in [0.1, 0.15) is 35.3 Å². The number of fused-ring (bicyclic) bond motifs is 2. The van der Waals surface area contributed by atoms with Crippen molar-refractivity contribution in [2.75, 3.05) is 86.7 Å². The van der Waals surface area contributed by atoms with E-state index in [4.69, 9.17) is 21.3 Å². The number of nitrogens with zero attached hydrogens (tertiary/aromatic N) is 10. The SMILES string of the molecule is COc1cc(N2CCC3(CCN(CC4CCN(c5cc6c(cc5F)C(=O)N(C5CCC(=O)NC5=O)C6=O)CC4)CC3)CC2)c(-c2cnn(C)c2)cc1Nc1ncc(Cl)c(Nc2ccc3nccnc3c2P(C)(C)=O)n1. The molecule has 5 aliphatic heterocycles. The van der Waals surface area contributed by atoms with Crippen LogP contribution in [0.4, 0.5) is 38.9 Å². The van der Waals surface area contributed by atoms with Gasteiger partial charge < -0.3 is 34.6 Å². The highest BCUT2D eigenvalue weighted by Crippen LogP contribution is 2.47. The highest BCUT2D eigenvalue weighted by Gasteiger charge is 2.46. The number of benzene rings is 3. The molecule has 6 aromatic rings. The Labute approximate surface area is 437 Å². The second-order valence-electron chi connectivity index (χ2n) is 20.9. The minimum atomic E-state index is -2.85. The zero-order chi connectivity index (χ0) is 52.3. The monoisotopic (exact) mass is 1060 g/mol. The number of ether oxygens (including phenoxy) is 1.